The smallest absolute Gasteiger partial charge is 0.373 e. The van der Waals surface area contributed by atoms with E-state index in [2.05, 4.69) is 4.74 Å². The number of ketones is 1. The Kier molecular flexibility index (Phi) is 4.09. The highest BCUT2D eigenvalue weighted by Gasteiger charge is 2.28. The zero-order valence-electron chi connectivity index (χ0n) is 9.15. The number of carbonyl (C=O) groups excluding carboxylic acids is 2. The zero-order chi connectivity index (χ0) is 13.9. The Bertz CT molecular complexity index is 489. The van der Waals surface area contributed by atoms with E-state index in [0.29, 0.717) is 12.1 Å². The fourth-order valence-corrected chi connectivity index (χ4v) is 1.38. The van der Waals surface area contributed by atoms with Crippen molar-refractivity contribution in [2.24, 2.45) is 0 Å². The number of carboxylic acids is 1. The van der Waals surface area contributed by atoms with Gasteiger partial charge in [0.1, 0.15) is 12.2 Å². The van der Waals surface area contributed by atoms with E-state index in [1.165, 1.54) is 0 Å². The molecule has 7 heteroatoms. The topological polar surface area (TPSA) is 80.7 Å². The number of benzene rings is 1. The predicted molar refractivity (Wildman–Crippen MR) is 54.4 cm³/mol. The number of carboxylic acid groups (broad SMARTS) is 1. The Morgan fingerprint density at radius 2 is 1.83 bits per heavy atom. The summed E-state index contributed by atoms with van der Waals surface area (Å²) in [6, 6.07) is 1.36. The second kappa shape index (κ2) is 5.35. The molecule has 0 aliphatic heterocycles. The third-order valence-corrected chi connectivity index (χ3v) is 2.21. The molecule has 0 saturated carbocycles. The first kappa shape index (κ1) is 13.8. The Labute approximate surface area is 100.0 Å². The Hall–Kier alpha value is -2.31. The number of Topliss-reactive ketones (excluding diaryl/α,β-unsaturated/α-hetero) is 1. The molecule has 1 aromatic carbocycles. The Morgan fingerprint density at radius 1 is 1.33 bits per heavy atom. The quantitative estimate of drug-likeness (QED) is 0.482. The standard InChI is InChI=1S/C11H8F2O5/c1-18-10-7(12)2-5(3-8(10)13)6(4-14)9(15)11(16)17/h2-4,6H,1H3,(H,16,17). The van der Waals surface area contributed by atoms with Crippen LogP contribution >= 0.6 is 0 Å². The second-order valence-electron chi connectivity index (χ2n) is 3.30. The van der Waals surface area contributed by atoms with Gasteiger partial charge in [0.25, 0.3) is 5.78 Å². The van der Waals surface area contributed by atoms with Crippen LogP contribution < -0.4 is 4.74 Å². The van der Waals surface area contributed by atoms with Crippen LogP contribution in [0.5, 0.6) is 5.75 Å². The number of carbonyl (C=O) groups is 3. The van der Waals surface area contributed by atoms with Gasteiger partial charge in [-0.05, 0) is 17.7 Å². The van der Waals surface area contributed by atoms with Crippen molar-refractivity contribution in [2.45, 2.75) is 5.92 Å². The second-order valence-corrected chi connectivity index (χ2v) is 3.30. The highest BCUT2D eigenvalue weighted by atomic mass is 19.1. The van der Waals surface area contributed by atoms with Gasteiger partial charge in [0, 0.05) is 0 Å². The molecule has 0 fully saturated rings. The van der Waals surface area contributed by atoms with E-state index in [1.54, 1.807) is 0 Å². The molecule has 0 heterocycles. The van der Waals surface area contributed by atoms with Crippen molar-refractivity contribution in [2.75, 3.05) is 7.11 Å². The summed E-state index contributed by atoms with van der Waals surface area (Å²) in [5, 5.41) is 8.46. The van der Waals surface area contributed by atoms with Crippen LogP contribution in [0.3, 0.4) is 0 Å². The molecule has 1 atom stereocenters. The van der Waals surface area contributed by atoms with Crippen molar-refractivity contribution in [3.8, 4) is 5.75 Å². The van der Waals surface area contributed by atoms with Gasteiger partial charge in [0.15, 0.2) is 17.4 Å². The highest BCUT2D eigenvalue weighted by molar-refractivity contribution is 6.38. The third-order valence-electron chi connectivity index (χ3n) is 2.21. The maximum absolute atomic E-state index is 13.3. The van der Waals surface area contributed by atoms with Gasteiger partial charge in [-0.25, -0.2) is 13.6 Å². The van der Waals surface area contributed by atoms with Crippen LogP contribution in [-0.2, 0) is 14.4 Å². The predicted octanol–water partition coefficient (Wildman–Crippen LogP) is 0.910. The fraction of sp³-hybridized carbons (Fsp3) is 0.182. The molecule has 1 N–H and O–H groups in total. The number of aliphatic carboxylic acids is 1. The van der Waals surface area contributed by atoms with Gasteiger partial charge in [-0.15, -0.1) is 0 Å². The minimum Gasteiger partial charge on any atom is -0.491 e. The lowest BCUT2D eigenvalue weighted by atomic mass is 9.95. The molecule has 0 amide bonds. The maximum Gasteiger partial charge on any atom is 0.373 e. The van der Waals surface area contributed by atoms with E-state index in [-0.39, 0.29) is 11.8 Å². The molecule has 5 nitrogen and oxygen atoms in total. The number of hydrogen-bond acceptors (Lipinski definition) is 4. The normalized spacial score (nSPS) is 11.7. The SMILES string of the molecule is COc1c(F)cc(C(C=O)C(=O)C(=O)O)cc1F. The first-order chi connectivity index (χ1) is 8.42. The molecule has 1 rings (SSSR count). The van der Waals surface area contributed by atoms with Gasteiger partial charge in [-0.2, -0.15) is 0 Å². The van der Waals surface area contributed by atoms with Crippen LogP contribution in [0, 0.1) is 11.6 Å². The van der Waals surface area contributed by atoms with E-state index in [9.17, 15) is 23.2 Å². The average Bonchev–Trinajstić information content (AvgIpc) is 2.29. The first-order valence-corrected chi connectivity index (χ1v) is 4.67. The van der Waals surface area contributed by atoms with Crippen molar-refractivity contribution in [3.63, 3.8) is 0 Å². The summed E-state index contributed by atoms with van der Waals surface area (Å²) in [6.45, 7) is 0. The van der Waals surface area contributed by atoms with E-state index >= 15 is 0 Å². The summed E-state index contributed by atoms with van der Waals surface area (Å²) in [5.41, 5.74) is -0.381. The number of rotatable bonds is 5. The molecular formula is C11H8F2O5. The van der Waals surface area contributed by atoms with Crippen LogP contribution in [0.2, 0.25) is 0 Å². The van der Waals surface area contributed by atoms with Crippen molar-refractivity contribution in [1.29, 1.82) is 0 Å². The first-order valence-electron chi connectivity index (χ1n) is 4.67. The molecule has 0 saturated heterocycles. The molecule has 0 spiro atoms. The minimum absolute atomic E-state index is 0.0111. The molecule has 0 bridgehead atoms. The summed E-state index contributed by atoms with van der Waals surface area (Å²) >= 11 is 0. The Morgan fingerprint density at radius 3 is 2.17 bits per heavy atom. The molecule has 0 radical (unpaired) electrons. The van der Waals surface area contributed by atoms with Crippen molar-refractivity contribution in [3.05, 3.63) is 29.3 Å². The molecule has 96 valence electrons. The molecule has 1 aromatic rings. The summed E-state index contributed by atoms with van der Waals surface area (Å²) in [5.74, 6) is -8.00. The lowest BCUT2D eigenvalue weighted by Crippen LogP contribution is -2.23. The number of aldehydes is 1. The van der Waals surface area contributed by atoms with Crippen LogP contribution in [0.4, 0.5) is 8.78 Å². The van der Waals surface area contributed by atoms with Crippen molar-refractivity contribution in [1.82, 2.24) is 0 Å². The van der Waals surface area contributed by atoms with E-state index < -0.39 is 35.1 Å². The average molecular weight is 258 g/mol. The third kappa shape index (κ3) is 2.50. The summed E-state index contributed by atoms with van der Waals surface area (Å²) in [4.78, 5) is 32.3. The van der Waals surface area contributed by atoms with Gasteiger partial charge in [-0.1, -0.05) is 0 Å². The minimum atomic E-state index is -1.86. The van der Waals surface area contributed by atoms with Crippen LogP contribution in [0.1, 0.15) is 11.5 Å². The molecule has 1 unspecified atom stereocenters. The number of halogens is 2. The summed E-state index contributed by atoms with van der Waals surface area (Å²) < 4.78 is 31.1. The monoisotopic (exact) mass is 258 g/mol. The van der Waals surface area contributed by atoms with Gasteiger partial charge in [0.2, 0.25) is 0 Å². The summed E-state index contributed by atoms with van der Waals surface area (Å²) in [7, 11) is 1.04. The van der Waals surface area contributed by atoms with Gasteiger partial charge < -0.3 is 14.6 Å². The van der Waals surface area contributed by atoms with Gasteiger partial charge in [-0.3, -0.25) is 4.79 Å². The largest absolute Gasteiger partial charge is 0.491 e. The van der Waals surface area contributed by atoms with Crippen molar-refractivity contribution < 1.29 is 33.0 Å². The molecule has 0 aliphatic rings. The molecule has 0 aliphatic carbocycles. The number of methoxy groups -OCH3 is 1. The summed E-state index contributed by atoms with van der Waals surface area (Å²) in [6.07, 6.45) is 0.0111. The van der Waals surface area contributed by atoms with Crippen LogP contribution in [-0.4, -0.2) is 30.3 Å². The van der Waals surface area contributed by atoms with E-state index in [0.717, 1.165) is 7.11 Å². The van der Waals surface area contributed by atoms with Crippen molar-refractivity contribution >= 4 is 18.0 Å². The highest BCUT2D eigenvalue weighted by Crippen LogP contribution is 2.26. The van der Waals surface area contributed by atoms with Gasteiger partial charge >= 0.3 is 5.97 Å². The van der Waals surface area contributed by atoms with E-state index in [4.69, 9.17) is 5.11 Å². The molecule has 18 heavy (non-hydrogen) atoms. The van der Waals surface area contributed by atoms with Crippen LogP contribution in [0.15, 0.2) is 12.1 Å². The molecule has 0 aromatic heterocycles. The number of ether oxygens (including phenoxy) is 1. The zero-order valence-corrected chi connectivity index (χ0v) is 9.15. The van der Waals surface area contributed by atoms with Crippen LogP contribution in [0.25, 0.3) is 0 Å². The molecular weight excluding hydrogens is 250 g/mol. The van der Waals surface area contributed by atoms with Gasteiger partial charge in [0.05, 0.1) is 7.11 Å². The maximum atomic E-state index is 13.3. The Balaban J connectivity index is 3.28. The lowest BCUT2D eigenvalue weighted by Gasteiger charge is -2.10. The fourth-order valence-electron chi connectivity index (χ4n) is 1.38. The lowest BCUT2D eigenvalue weighted by molar-refractivity contribution is -0.150. The number of hydrogen-bond donors (Lipinski definition) is 1. The van der Waals surface area contributed by atoms with E-state index in [1.807, 2.05) is 0 Å².